The molecule has 0 aromatic heterocycles. The minimum atomic E-state index is -0.403. The van der Waals surface area contributed by atoms with Crippen LogP contribution in [0.2, 0.25) is 0 Å². The number of nitrogens with zero attached hydrogens (tertiary/aromatic N) is 1. The molecule has 2 aromatic carbocycles. The smallest absolute Gasteiger partial charge is 0.277 e. The first kappa shape index (κ1) is 13.5. The summed E-state index contributed by atoms with van der Waals surface area (Å²) in [6.45, 7) is 2.14. The summed E-state index contributed by atoms with van der Waals surface area (Å²) in [7, 11) is 0. The van der Waals surface area contributed by atoms with E-state index in [1.165, 1.54) is 6.07 Å². The van der Waals surface area contributed by atoms with Crippen molar-refractivity contribution in [2.24, 2.45) is 0 Å². The Hall–Kier alpha value is -1.88. The van der Waals surface area contributed by atoms with Crippen LogP contribution in [0.15, 0.2) is 46.9 Å². The van der Waals surface area contributed by atoms with Crippen molar-refractivity contribution in [3.05, 3.63) is 68.2 Å². The quantitative estimate of drug-likeness (QED) is 0.625. The maximum absolute atomic E-state index is 11.0. The third kappa shape index (κ3) is 3.54. The van der Waals surface area contributed by atoms with Gasteiger partial charge in [0.2, 0.25) is 0 Å². The molecule has 0 saturated heterocycles. The largest absolute Gasteiger partial charge is 0.489 e. The van der Waals surface area contributed by atoms with Gasteiger partial charge in [-0.05, 0) is 36.8 Å². The number of aryl methyl sites for hydroxylation is 1. The normalized spacial score (nSPS) is 10.2. The van der Waals surface area contributed by atoms with Crippen molar-refractivity contribution in [3.8, 4) is 5.75 Å². The van der Waals surface area contributed by atoms with Crippen molar-refractivity contribution < 1.29 is 9.66 Å². The molecule has 2 rings (SSSR count). The van der Waals surface area contributed by atoms with Crippen molar-refractivity contribution in [2.75, 3.05) is 0 Å². The number of hydrogen-bond donors (Lipinski definition) is 0. The van der Waals surface area contributed by atoms with Crippen LogP contribution < -0.4 is 4.74 Å². The summed E-state index contributed by atoms with van der Waals surface area (Å²) in [6.07, 6.45) is 0. The van der Waals surface area contributed by atoms with Crippen LogP contribution in [0.5, 0.6) is 5.75 Å². The molecule has 0 amide bonds. The monoisotopic (exact) mass is 321 g/mol. The highest BCUT2D eigenvalue weighted by Gasteiger charge is 2.14. The molecule has 0 aliphatic carbocycles. The minimum Gasteiger partial charge on any atom is -0.489 e. The first-order chi connectivity index (χ1) is 9.06. The lowest BCUT2D eigenvalue weighted by Gasteiger charge is -2.07. The second-order valence-electron chi connectivity index (χ2n) is 4.14. The standard InChI is InChI=1S/C14H12BrNO3/c1-10-3-2-4-13(7-10)19-9-11-5-6-12(15)8-14(11)16(17)18/h2-8H,9H2,1H3. The molecule has 0 atom stereocenters. The predicted octanol–water partition coefficient (Wildman–Crippen LogP) is 4.24. The average molecular weight is 322 g/mol. The number of halogens is 1. The Bertz CT molecular complexity index is 613. The summed E-state index contributed by atoms with van der Waals surface area (Å²) in [5, 5.41) is 11.0. The van der Waals surface area contributed by atoms with E-state index in [0.717, 1.165) is 5.56 Å². The van der Waals surface area contributed by atoms with Crippen LogP contribution >= 0.6 is 15.9 Å². The molecule has 98 valence electrons. The Morgan fingerprint density at radius 2 is 2.05 bits per heavy atom. The number of benzene rings is 2. The van der Waals surface area contributed by atoms with Gasteiger partial charge in [0, 0.05) is 10.5 Å². The van der Waals surface area contributed by atoms with Gasteiger partial charge in [0.25, 0.3) is 5.69 Å². The first-order valence-electron chi connectivity index (χ1n) is 5.68. The van der Waals surface area contributed by atoms with Gasteiger partial charge in [0.05, 0.1) is 10.5 Å². The molecule has 0 unspecified atom stereocenters. The molecule has 0 radical (unpaired) electrons. The third-order valence-electron chi connectivity index (χ3n) is 2.63. The van der Waals surface area contributed by atoms with Crippen LogP contribution in [0.1, 0.15) is 11.1 Å². The minimum absolute atomic E-state index is 0.0574. The van der Waals surface area contributed by atoms with E-state index < -0.39 is 4.92 Å². The molecule has 2 aromatic rings. The highest BCUT2D eigenvalue weighted by atomic mass is 79.9. The number of rotatable bonds is 4. The van der Waals surface area contributed by atoms with Crippen LogP contribution in [0.3, 0.4) is 0 Å². The van der Waals surface area contributed by atoms with E-state index in [9.17, 15) is 10.1 Å². The number of hydrogen-bond acceptors (Lipinski definition) is 3. The zero-order valence-electron chi connectivity index (χ0n) is 10.3. The summed E-state index contributed by atoms with van der Waals surface area (Å²) in [6, 6.07) is 12.5. The van der Waals surface area contributed by atoms with Gasteiger partial charge in [0.1, 0.15) is 12.4 Å². The van der Waals surface area contributed by atoms with E-state index in [1.807, 2.05) is 31.2 Å². The van der Waals surface area contributed by atoms with E-state index in [0.29, 0.717) is 15.8 Å². The second-order valence-corrected chi connectivity index (χ2v) is 5.05. The Kier molecular flexibility index (Phi) is 4.16. The highest BCUT2D eigenvalue weighted by Crippen LogP contribution is 2.25. The van der Waals surface area contributed by atoms with Crippen molar-refractivity contribution in [1.29, 1.82) is 0 Å². The molecular formula is C14H12BrNO3. The Morgan fingerprint density at radius 1 is 1.26 bits per heavy atom. The predicted molar refractivity (Wildman–Crippen MR) is 76.3 cm³/mol. The van der Waals surface area contributed by atoms with Gasteiger partial charge in [-0.3, -0.25) is 10.1 Å². The van der Waals surface area contributed by atoms with Crippen LogP contribution in [0.4, 0.5) is 5.69 Å². The molecule has 0 heterocycles. The summed E-state index contributed by atoms with van der Waals surface area (Å²) in [5.41, 5.74) is 1.69. The molecule has 0 spiro atoms. The van der Waals surface area contributed by atoms with Gasteiger partial charge in [-0.1, -0.05) is 28.1 Å². The van der Waals surface area contributed by atoms with Crippen molar-refractivity contribution in [1.82, 2.24) is 0 Å². The molecular weight excluding hydrogens is 310 g/mol. The van der Waals surface area contributed by atoms with Gasteiger partial charge in [-0.25, -0.2) is 0 Å². The summed E-state index contributed by atoms with van der Waals surface area (Å²) >= 11 is 3.22. The summed E-state index contributed by atoms with van der Waals surface area (Å²) in [4.78, 5) is 10.6. The molecule has 0 saturated carbocycles. The second kappa shape index (κ2) is 5.84. The van der Waals surface area contributed by atoms with Crippen LogP contribution in [0, 0.1) is 17.0 Å². The zero-order valence-corrected chi connectivity index (χ0v) is 11.9. The highest BCUT2D eigenvalue weighted by molar-refractivity contribution is 9.10. The molecule has 0 bridgehead atoms. The van der Waals surface area contributed by atoms with Crippen LogP contribution in [0.25, 0.3) is 0 Å². The topological polar surface area (TPSA) is 52.4 Å². The summed E-state index contributed by atoms with van der Waals surface area (Å²) in [5.74, 6) is 0.706. The molecule has 0 N–H and O–H groups in total. The summed E-state index contributed by atoms with van der Waals surface area (Å²) < 4.78 is 6.26. The fraction of sp³-hybridized carbons (Fsp3) is 0.143. The number of ether oxygens (including phenoxy) is 1. The van der Waals surface area contributed by atoms with E-state index in [-0.39, 0.29) is 12.3 Å². The lowest BCUT2D eigenvalue weighted by atomic mass is 10.2. The van der Waals surface area contributed by atoms with E-state index >= 15 is 0 Å². The van der Waals surface area contributed by atoms with Crippen LogP contribution in [-0.4, -0.2) is 4.92 Å². The SMILES string of the molecule is Cc1cccc(OCc2ccc(Br)cc2[N+](=O)[O-])c1. The van der Waals surface area contributed by atoms with E-state index in [2.05, 4.69) is 15.9 Å². The molecule has 4 nitrogen and oxygen atoms in total. The Labute approximate surface area is 119 Å². The van der Waals surface area contributed by atoms with Gasteiger partial charge in [-0.15, -0.1) is 0 Å². The van der Waals surface area contributed by atoms with Gasteiger partial charge in [0.15, 0.2) is 0 Å². The van der Waals surface area contributed by atoms with Crippen molar-refractivity contribution in [2.45, 2.75) is 13.5 Å². The van der Waals surface area contributed by atoms with E-state index in [4.69, 9.17) is 4.74 Å². The lowest BCUT2D eigenvalue weighted by molar-refractivity contribution is -0.385. The van der Waals surface area contributed by atoms with Gasteiger partial charge in [-0.2, -0.15) is 0 Å². The zero-order chi connectivity index (χ0) is 13.8. The molecule has 0 aliphatic heterocycles. The fourth-order valence-electron chi connectivity index (χ4n) is 1.70. The molecule has 5 heteroatoms. The number of nitro benzene ring substituents is 1. The maximum Gasteiger partial charge on any atom is 0.277 e. The third-order valence-corrected chi connectivity index (χ3v) is 3.12. The van der Waals surface area contributed by atoms with Crippen molar-refractivity contribution >= 4 is 21.6 Å². The lowest BCUT2D eigenvalue weighted by Crippen LogP contribution is -2.00. The molecule has 0 fully saturated rings. The fourth-order valence-corrected chi connectivity index (χ4v) is 2.04. The van der Waals surface area contributed by atoms with Crippen LogP contribution in [-0.2, 0) is 6.61 Å². The average Bonchev–Trinajstić information content (AvgIpc) is 2.37. The Balaban J connectivity index is 2.17. The molecule has 0 aliphatic rings. The van der Waals surface area contributed by atoms with Gasteiger partial charge < -0.3 is 4.74 Å². The van der Waals surface area contributed by atoms with E-state index in [1.54, 1.807) is 12.1 Å². The Morgan fingerprint density at radius 3 is 2.74 bits per heavy atom. The number of nitro groups is 1. The van der Waals surface area contributed by atoms with Crippen molar-refractivity contribution in [3.63, 3.8) is 0 Å². The molecule has 19 heavy (non-hydrogen) atoms. The maximum atomic E-state index is 11.0. The van der Waals surface area contributed by atoms with Gasteiger partial charge >= 0.3 is 0 Å². The first-order valence-corrected chi connectivity index (χ1v) is 6.48.